The second-order valence-electron chi connectivity index (χ2n) is 8.52. The first kappa shape index (κ1) is 19.9. The predicted molar refractivity (Wildman–Crippen MR) is 118 cm³/mol. The summed E-state index contributed by atoms with van der Waals surface area (Å²) in [5, 5.41) is 1.05. The third-order valence-corrected chi connectivity index (χ3v) is 6.24. The van der Waals surface area contributed by atoms with Gasteiger partial charge in [-0.3, -0.25) is 4.79 Å². The highest BCUT2D eigenvalue weighted by Crippen LogP contribution is 2.40. The molecular formula is C25H29NO2. The summed E-state index contributed by atoms with van der Waals surface area (Å²) in [5.74, 6) is 0.778. The van der Waals surface area contributed by atoms with E-state index in [1.807, 2.05) is 68.6 Å². The number of pyridine rings is 1. The zero-order valence-corrected chi connectivity index (χ0v) is 17.7. The average Bonchev–Trinajstić information content (AvgIpc) is 2.65. The Morgan fingerprint density at radius 3 is 2.21 bits per heavy atom. The number of nitrogens with zero attached hydrogens (tertiary/aromatic N) is 1. The number of fused-ring (bicyclic) bond motifs is 1. The van der Waals surface area contributed by atoms with E-state index in [0.29, 0.717) is 5.56 Å². The van der Waals surface area contributed by atoms with Gasteiger partial charge in [0.25, 0.3) is 5.56 Å². The molecule has 2 aromatic carbocycles. The molecule has 1 heterocycles. The first-order valence-corrected chi connectivity index (χ1v) is 9.59. The number of benzene rings is 2. The number of aryl methyl sites for hydroxylation is 1. The highest BCUT2D eigenvalue weighted by molar-refractivity contribution is 5.84. The Kier molecular flexibility index (Phi) is 4.97. The van der Waals surface area contributed by atoms with Gasteiger partial charge in [-0.2, -0.15) is 0 Å². The summed E-state index contributed by atoms with van der Waals surface area (Å²) in [4.78, 5) is 12.8. The van der Waals surface area contributed by atoms with E-state index in [1.165, 1.54) is 0 Å². The molecule has 0 radical (unpaired) electrons. The molecule has 0 amide bonds. The lowest BCUT2D eigenvalue weighted by Crippen LogP contribution is -2.44. The first-order valence-electron chi connectivity index (χ1n) is 9.59. The highest BCUT2D eigenvalue weighted by Gasteiger charge is 2.39. The predicted octanol–water partition coefficient (Wildman–Crippen LogP) is 5.97. The Bertz CT molecular complexity index is 1090. The van der Waals surface area contributed by atoms with Crippen LogP contribution >= 0.6 is 0 Å². The molecule has 0 aliphatic heterocycles. The molecule has 1 aromatic heterocycles. The van der Waals surface area contributed by atoms with Crippen LogP contribution in [-0.4, -0.2) is 10.2 Å². The molecule has 0 saturated carbocycles. The summed E-state index contributed by atoms with van der Waals surface area (Å²) >= 11 is 0. The maximum Gasteiger partial charge on any atom is 0.258 e. The number of hydrogen-bond donors (Lipinski definition) is 0. The van der Waals surface area contributed by atoms with E-state index < -0.39 is 5.60 Å². The maximum absolute atomic E-state index is 12.8. The fourth-order valence-electron chi connectivity index (χ4n) is 3.27. The van der Waals surface area contributed by atoms with Crippen molar-refractivity contribution in [3.8, 4) is 16.9 Å². The number of ether oxygens (including phenoxy) is 1. The van der Waals surface area contributed by atoms with Gasteiger partial charge in [0, 0.05) is 18.0 Å². The van der Waals surface area contributed by atoms with Crippen molar-refractivity contribution in [2.75, 3.05) is 0 Å². The summed E-state index contributed by atoms with van der Waals surface area (Å²) < 4.78 is 8.00. The van der Waals surface area contributed by atoms with Gasteiger partial charge in [-0.05, 0) is 56.0 Å². The van der Waals surface area contributed by atoms with Crippen molar-refractivity contribution in [3.63, 3.8) is 0 Å². The van der Waals surface area contributed by atoms with Crippen molar-refractivity contribution < 1.29 is 4.74 Å². The van der Waals surface area contributed by atoms with Crippen LogP contribution in [0, 0.1) is 5.41 Å². The van der Waals surface area contributed by atoms with E-state index in [1.54, 1.807) is 4.57 Å². The van der Waals surface area contributed by atoms with Gasteiger partial charge in [0.1, 0.15) is 11.4 Å². The molecule has 3 aromatic rings. The lowest BCUT2D eigenvalue weighted by Gasteiger charge is -2.42. The third kappa shape index (κ3) is 3.37. The molecule has 0 unspecified atom stereocenters. The Morgan fingerprint density at radius 1 is 1.00 bits per heavy atom. The van der Waals surface area contributed by atoms with E-state index in [2.05, 4.69) is 34.3 Å². The van der Waals surface area contributed by atoms with E-state index in [4.69, 9.17) is 4.74 Å². The lowest BCUT2D eigenvalue weighted by atomic mass is 9.72. The van der Waals surface area contributed by atoms with Crippen molar-refractivity contribution in [2.24, 2.45) is 12.5 Å². The summed E-state index contributed by atoms with van der Waals surface area (Å²) in [6.45, 7) is 14.6. The molecule has 146 valence electrons. The van der Waals surface area contributed by atoms with Crippen molar-refractivity contribution in [2.45, 2.75) is 40.2 Å². The lowest BCUT2D eigenvalue weighted by molar-refractivity contribution is 0.0118. The van der Waals surface area contributed by atoms with Crippen LogP contribution in [0.3, 0.4) is 0 Å². The number of para-hydroxylation sites is 1. The number of rotatable bonds is 5. The smallest absolute Gasteiger partial charge is 0.258 e. The largest absolute Gasteiger partial charge is 0.487 e. The van der Waals surface area contributed by atoms with Crippen LogP contribution in [0.4, 0.5) is 0 Å². The molecule has 0 N–H and O–H groups in total. The van der Waals surface area contributed by atoms with E-state index in [-0.39, 0.29) is 11.0 Å². The molecular weight excluding hydrogens is 346 g/mol. The number of hydrogen-bond acceptors (Lipinski definition) is 2. The van der Waals surface area contributed by atoms with E-state index >= 15 is 0 Å². The molecule has 0 saturated heterocycles. The monoisotopic (exact) mass is 375 g/mol. The minimum Gasteiger partial charge on any atom is -0.487 e. The summed E-state index contributed by atoms with van der Waals surface area (Å²) in [7, 11) is 1.81. The van der Waals surface area contributed by atoms with Crippen molar-refractivity contribution >= 4 is 10.9 Å². The molecule has 3 rings (SSSR count). The Balaban J connectivity index is 1.96. The molecule has 0 spiro atoms. The summed E-state index contributed by atoms with van der Waals surface area (Å²) in [5.41, 5.74) is 2.98. The van der Waals surface area contributed by atoms with Crippen LogP contribution in [-0.2, 0) is 7.05 Å². The van der Waals surface area contributed by atoms with Crippen molar-refractivity contribution in [3.05, 3.63) is 77.1 Å². The Morgan fingerprint density at radius 2 is 1.61 bits per heavy atom. The zero-order valence-electron chi connectivity index (χ0n) is 17.7. The van der Waals surface area contributed by atoms with Crippen LogP contribution in [0.5, 0.6) is 5.75 Å². The molecule has 3 heteroatoms. The van der Waals surface area contributed by atoms with Gasteiger partial charge in [0.2, 0.25) is 0 Å². The van der Waals surface area contributed by atoms with Gasteiger partial charge >= 0.3 is 0 Å². The standard InChI is InChI=1S/C25H29NO2/c1-17(2)24(3,4)25(5,6)28-20-14-12-18(13-15-20)21-16-19-10-8-9-11-22(19)26(7)23(21)27/h8-16H,1H2,2-7H3. The van der Waals surface area contributed by atoms with Crippen LogP contribution in [0.15, 0.2) is 71.5 Å². The van der Waals surface area contributed by atoms with Crippen LogP contribution in [0.1, 0.15) is 34.6 Å². The average molecular weight is 376 g/mol. The Labute approximate surface area is 167 Å². The zero-order chi connectivity index (χ0) is 20.7. The third-order valence-electron chi connectivity index (χ3n) is 6.24. The molecule has 0 bridgehead atoms. The second-order valence-corrected chi connectivity index (χ2v) is 8.52. The molecule has 28 heavy (non-hydrogen) atoms. The molecule has 0 fully saturated rings. The molecule has 0 aliphatic carbocycles. The van der Waals surface area contributed by atoms with Crippen molar-refractivity contribution in [1.82, 2.24) is 4.57 Å². The quantitative estimate of drug-likeness (QED) is 0.515. The van der Waals surface area contributed by atoms with Gasteiger partial charge in [0.05, 0.1) is 5.52 Å². The van der Waals surface area contributed by atoms with Gasteiger partial charge < -0.3 is 9.30 Å². The fraction of sp³-hybridized carbons (Fsp3) is 0.320. The van der Waals surface area contributed by atoms with Crippen LogP contribution in [0.25, 0.3) is 22.0 Å². The van der Waals surface area contributed by atoms with Gasteiger partial charge in [-0.1, -0.05) is 56.3 Å². The summed E-state index contributed by atoms with van der Waals surface area (Å²) in [6.07, 6.45) is 0. The van der Waals surface area contributed by atoms with Gasteiger partial charge in [-0.15, -0.1) is 0 Å². The normalized spacial score (nSPS) is 12.2. The van der Waals surface area contributed by atoms with Gasteiger partial charge in [0.15, 0.2) is 0 Å². The van der Waals surface area contributed by atoms with Gasteiger partial charge in [-0.25, -0.2) is 0 Å². The molecule has 0 aliphatic rings. The highest BCUT2D eigenvalue weighted by atomic mass is 16.5. The molecule has 0 atom stereocenters. The van der Waals surface area contributed by atoms with E-state index in [9.17, 15) is 4.79 Å². The topological polar surface area (TPSA) is 31.2 Å². The molecule has 3 nitrogen and oxygen atoms in total. The minimum atomic E-state index is -0.417. The van der Waals surface area contributed by atoms with Crippen LogP contribution in [0.2, 0.25) is 0 Å². The number of aromatic nitrogens is 1. The Hall–Kier alpha value is -2.81. The second kappa shape index (κ2) is 6.97. The minimum absolute atomic E-state index is 0.00360. The van der Waals surface area contributed by atoms with Crippen molar-refractivity contribution in [1.29, 1.82) is 0 Å². The SMILES string of the molecule is C=C(C)C(C)(C)C(C)(C)Oc1ccc(-c2cc3ccccc3n(C)c2=O)cc1. The fourth-order valence-corrected chi connectivity index (χ4v) is 3.27. The van der Waals surface area contributed by atoms with Crippen LogP contribution < -0.4 is 10.3 Å². The first-order chi connectivity index (χ1) is 13.0. The maximum atomic E-state index is 12.8. The van der Waals surface area contributed by atoms with E-state index in [0.717, 1.165) is 27.8 Å². The summed E-state index contributed by atoms with van der Waals surface area (Å²) in [6, 6.07) is 17.6.